The first kappa shape index (κ1) is 21.1. The van der Waals surface area contributed by atoms with Crippen molar-refractivity contribution in [2.24, 2.45) is 4.99 Å². The van der Waals surface area contributed by atoms with Crippen LogP contribution in [0.2, 0.25) is 0 Å². The Hall–Kier alpha value is -3.19. The van der Waals surface area contributed by atoms with Crippen LogP contribution in [0.1, 0.15) is 39.1 Å². The molecule has 1 saturated heterocycles. The lowest BCUT2D eigenvalue weighted by molar-refractivity contribution is 0.0657. The summed E-state index contributed by atoms with van der Waals surface area (Å²) in [6.07, 6.45) is 2.10. The van der Waals surface area contributed by atoms with E-state index < -0.39 is 0 Å². The molecule has 2 N–H and O–H groups in total. The number of rotatable bonds is 6. The van der Waals surface area contributed by atoms with Gasteiger partial charge in [0.15, 0.2) is 5.96 Å². The van der Waals surface area contributed by atoms with E-state index in [9.17, 15) is 9.59 Å². The highest BCUT2D eigenvalue weighted by Crippen LogP contribution is 2.21. The number of carbonyl (C=O) groups excluding carboxylic acids is 2. The fourth-order valence-electron chi connectivity index (χ4n) is 4.19. The third-order valence-electron chi connectivity index (χ3n) is 5.91. The van der Waals surface area contributed by atoms with Crippen LogP contribution < -0.4 is 10.6 Å². The van der Waals surface area contributed by atoms with Gasteiger partial charge in [-0.25, -0.2) is 0 Å². The summed E-state index contributed by atoms with van der Waals surface area (Å²) >= 11 is 0. The van der Waals surface area contributed by atoms with Crippen LogP contribution in [0.3, 0.4) is 0 Å². The van der Waals surface area contributed by atoms with Gasteiger partial charge in [-0.15, -0.1) is 0 Å². The maximum Gasteiger partial charge on any atom is 0.261 e. The minimum Gasteiger partial charge on any atom is -0.355 e. The number of nitrogens with zero attached hydrogens (tertiary/aromatic N) is 3. The van der Waals surface area contributed by atoms with E-state index in [4.69, 9.17) is 0 Å². The summed E-state index contributed by atoms with van der Waals surface area (Å²) in [4.78, 5) is 33.0. The van der Waals surface area contributed by atoms with Crippen molar-refractivity contribution >= 4 is 17.8 Å². The number of fused-ring (bicyclic) bond motifs is 1. The lowest BCUT2D eigenvalue weighted by Gasteiger charge is -2.33. The SMILES string of the molecule is CN=C(NCCN1C(=O)c2ccccc2C1=O)NC1CCN(Cc2ccccc2)CC1. The summed E-state index contributed by atoms with van der Waals surface area (Å²) in [6, 6.07) is 17.9. The Morgan fingerprint density at radius 1 is 0.968 bits per heavy atom. The van der Waals surface area contributed by atoms with Crippen LogP contribution in [0, 0.1) is 0 Å². The Labute approximate surface area is 183 Å². The van der Waals surface area contributed by atoms with E-state index in [0.717, 1.165) is 32.5 Å². The van der Waals surface area contributed by atoms with Crippen molar-refractivity contribution in [1.29, 1.82) is 0 Å². The van der Waals surface area contributed by atoms with Crippen molar-refractivity contribution in [3.05, 3.63) is 71.3 Å². The predicted octanol–water partition coefficient (Wildman–Crippen LogP) is 2.11. The van der Waals surface area contributed by atoms with Crippen molar-refractivity contribution in [2.45, 2.75) is 25.4 Å². The smallest absolute Gasteiger partial charge is 0.261 e. The van der Waals surface area contributed by atoms with E-state index in [1.807, 2.05) is 6.07 Å². The average molecular weight is 420 g/mol. The van der Waals surface area contributed by atoms with Crippen molar-refractivity contribution in [1.82, 2.24) is 20.4 Å². The zero-order valence-corrected chi connectivity index (χ0v) is 17.9. The minimum atomic E-state index is -0.226. The van der Waals surface area contributed by atoms with Crippen LogP contribution in [0.15, 0.2) is 59.6 Å². The molecule has 31 heavy (non-hydrogen) atoms. The molecule has 0 atom stereocenters. The molecule has 0 aromatic heterocycles. The fraction of sp³-hybridized carbons (Fsp3) is 0.375. The number of likely N-dealkylation sites (tertiary alicyclic amines) is 1. The van der Waals surface area contributed by atoms with E-state index in [1.165, 1.54) is 10.5 Å². The highest BCUT2D eigenvalue weighted by Gasteiger charge is 2.34. The molecule has 2 aromatic rings. The quantitative estimate of drug-likeness (QED) is 0.426. The molecule has 0 unspecified atom stereocenters. The number of aliphatic imine (C=N–C) groups is 1. The molecular formula is C24H29N5O2. The molecule has 0 bridgehead atoms. The van der Waals surface area contributed by atoms with E-state index >= 15 is 0 Å². The fourth-order valence-corrected chi connectivity index (χ4v) is 4.19. The monoisotopic (exact) mass is 419 g/mol. The average Bonchev–Trinajstić information content (AvgIpc) is 3.05. The molecule has 1 fully saturated rings. The summed E-state index contributed by atoms with van der Waals surface area (Å²) in [7, 11) is 1.74. The molecule has 2 aliphatic rings. The standard InChI is InChI=1S/C24H29N5O2/c1-25-24(26-13-16-29-22(30)20-9-5-6-10-21(20)23(29)31)27-19-11-14-28(15-12-19)17-18-7-3-2-4-8-18/h2-10,19H,11-17H2,1H3,(H2,25,26,27). The zero-order chi connectivity index (χ0) is 21.6. The third kappa shape index (κ3) is 4.94. The molecule has 7 nitrogen and oxygen atoms in total. The summed E-state index contributed by atoms with van der Waals surface area (Å²) in [5.74, 6) is 0.255. The van der Waals surface area contributed by atoms with Gasteiger partial charge in [-0.3, -0.25) is 24.4 Å². The Morgan fingerprint density at radius 3 is 2.19 bits per heavy atom. The molecule has 2 aliphatic heterocycles. The molecule has 2 aromatic carbocycles. The van der Waals surface area contributed by atoms with Crippen LogP contribution in [-0.4, -0.2) is 66.8 Å². The Morgan fingerprint density at radius 2 is 1.58 bits per heavy atom. The van der Waals surface area contributed by atoms with Crippen LogP contribution in [0.4, 0.5) is 0 Å². The van der Waals surface area contributed by atoms with Crippen LogP contribution >= 0.6 is 0 Å². The molecule has 0 aliphatic carbocycles. The Balaban J connectivity index is 1.20. The lowest BCUT2D eigenvalue weighted by Crippen LogP contribution is -2.49. The second-order valence-corrected chi connectivity index (χ2v) is 7.99. The first-order valence-electron chi connectivity index (χ1n) is 10.8. The number of nitrogens with one attached hydrogen (secondary N) is 2. The second-order valence-electron chi connectivity index (χ2n) is 7.99. The number of hydrogen-bond donors (Lipinski definition) is 2. The topological polar surface area (TPSA) is 77.0 Å². The highest BCUT2D eigenvalue weighted by atomic mass is 16.2. The molecule has 162 valence electrons. The number of imide groups is 1. The van der Waals surface area contributed by atoms with Gasteiger partial charge < -0.3 is 10.6 Å². The third-order valence-corrected chi connectivity index (χ3v) is 5.91. The summed E-state index contributed by atoms with van der Waals surface area (Å²) in [5.41, 5.74) is 2.31. The minimum absolute atomic E-state index is 0.226. The Kier molecular flexibility index (Phi) is 6.62. The normalized spacial score (nSPS) is 17.7. The number of hydrogen-bond acceptors (Lipinski definition) is 4. The van der Waals surface area contributed by atoms with Gasteiger partial charge in [0.2, 0.25) is 0 Å². The summed E-state index contributed by atoms with van der Waals surface area (Å²) in [6.45, 7) is 3.83. The number of benzene rings is 2. The van der Waals surface area contributed by atoms with Crippen LogP contribution in [0.5, 0.6) is 0 Å². The maximum atomic E-state index is 12.5. The zero-order valence-electron chi connectivity index (χ0n) is 17.9. The predicted molar refractivity (Wildman–Crippen MR) is 121 cm³/mol. The van der Waals surface area contributed by atoms with Gasteiger partial charge in [0, 0.05) is 45.8 Å². The van der Waals surface area contributed by atoms with Crippen LogP contribution in [0.25, 0.3) is 0 Å². The van der Waals surface area contributed by atoms with Gasteiger partial charge in [-0.05, 0) is 30.5 Å². The number of amides is 2. The van der Waals surface area contributed by atoms with Gasteiger partial charge >= 0.3 is 0 Å². The van der Waals surface area contributed by atoms with Crippen LogP contribution in [-0.2, 0) is 6.54 Å². The first-order chi connectivity index (χ1) is 15.2. The maximum absolute atomic E-state index is 12.5. The largest absolute Gasteiger partial charge is 0.355 e. The molecule has 2 heterocycles. The van der Waals surface area contributed by atoms with Gasteiger partial charge in [-0.2, -0.15) is 0 Å². The summed E-state index contributed by atoms with van der Waals surface area (Å²) < 4.78 is 0. The molecule has 0 saturated carbocycles. The van der Waals surface area contributed by atoms with Crippen molar-refractivity contribution < 1.29 is 9.59 Å². The lowest BCUT2D eigenvalue weighted by atomic mass is 10.0. The number of piperidine rings is 1. The Bertz CT molecular complexity index is 916. The highest BCUT2D eigenvalue weighted by molar-refractivity contribution is 6.21. The van der Waals surface area contributed by atoms with E-state index in [2.05, 4.69) is 44.8 Å². The van der Waals surface area contributed by atoms with Crippen molar-refractivity contribution in [2.75, 3.05) is 33.2 Å². The number of carbonyl (C=O) groups is 2. The molecular weight excluding hydrogens is 390 g/mol. The van der Waals surface area contributed by atoms with E-state index in [0.29, 0.717) is 36.2 Å². The van der Waals surface area contributed by atoms with Gasteiger partial charge in [-0.1, -0.05) is 42.5 Å². The van der Waals surface area contributed by atoms with E-state index in [-0.39, 0.29) is 11.8 Å². The van der Waals surface area contributed by atoms with Crippen molar-refractivity contribution in [3.63, 3.8) is 0 Å². The van der Waals surface area contributed by atoms with Gasteiger partial charge in [0.05, 0.1) is 11.1 Å². The molecule has 4 rings (SSSR count). The molecule has 7 heteroatoms. The van der Waals surface area contributed by atoms with E-state index in [1.54, 1.807) is 31.3 Å². The second kappa shape index (κ2) is 9.75. The first-order valence-corrected chi connectivity index (χ1v) is 10.8. The number of guanidine groups is 1. The molecule has 0 radical (unpaired) electrons. The van der Waals surface area contributed by atoms with Gasteiger partial charge in [0.1, 0.15) is 0 Å². The summed E-state index contributed by atoms with van der Waals surface area (Å²) in [5, 5.41) is 6.72. The molecule has 2 amide bonds. The van der Waals surface area contributed by atoms with Crippen molar-refractivity contribution in [3.8, 4) is 0 Å². The van der Waals surface area contributed by atoms with Gasteiger partial charge in [0.25, 0.3) is 11.8 Å². The molecule has 0 spiro atoms.